The molecule has 7 heteroatoms. The van der Waals surface area contributed by atoms with Crippen LogP contribution in [0.5, 0.6) is 0 Å². The van der Waals surface area contributed by atoms with Gasteiger partial charge >= 0.3 is 0 Å². The fourth-order valence-corrected chi connectivity index (χ4v) is 3.85. The van der Waals surface area contributed by atoms with E-state index >= 15 is 0 Å². The first-order chi connectivity index (χ1) is 8.94. The Morgan fingerprint density at radius 3 is 2.84 bits per heavy atom. The van der Waals surface area contributed by atoms with Gasteiger partial charge in [-0.05, 0) is 30.0 Å². The van der Waals surface area contributed by atoms with E-state index in [2.05, 4.69) is 4.72 Å². The molecule has 0 heterocycles. The molecule has 1 aromatic carbocycles. The van der Waals surface area contributed by atoms with Crippen LogP contribution in [0.15, 0.2) is 12.1 Å². The Morgan fingerprint density at radius 1 is 1.42 bits per heavy atom. The van der Waals surface area contributed by atoms with E-state index < -0.39 is 10.0 Å². The summed E-state index contributed by atoms with van der Waals surface area (Å²) < 4.78 is 31.2. The minimum atomic E-state index is -3.34. The summed E-state index contributed by atoms with van der Waals surface area (Å²) in [4.78, 5) is 0. The predicted molar refractivity (Wildman–Crippen MR) is 76.3 cm³/mol. The fraction of sp³-hybridized carbons (Fsp3) is 0.500. The lowest BCUT2D eigenvalue weighted by Crippen LogP contribution is -2.31. The van der Waals surface area contributed by atoms with Gasteiger partial charge in [-0.2, -0.15) is 0 Å². The van der Waals surface area contributed by atoms with Crippen molar-refractivity contribution in [2.24, 2.45) is 0 Å². The second-order valence-electron chi connectivity index (χ2n) is 4.45. The van der Waals surface area contributed by atoms with Gasteiger partial charge in [-0.25, -0.2) is 13.1 Å². The van der Waals surface area contributed by atoms with Crippen LogP contribution in [0.4, 0.5) is 0 Å². The van der Waals surface area contributed by atoms with Crippen LogP contribution < -0.4 is 4.72 Å². The zero-order valence-electron chi connectivity index (χ0n) is 10.4. The van der Waals surface area contributed by atoms with Gasteiger partial charge in [-0.3, -0.25) is 0 Å². The van der Waals surface area contributed by atoms with Crippen molar-refractivity contribution in [2.45, 2.75) is 18.9 Å². The SMILES string of the molecule is COCCS(=O)(=O)NC1CCc2c1ccc(Cl)c2Cl. The maximum atomic E-state index is 11.9. The summed E-state index contributed by atoms with van der Waals surface area (Å²) in [5, 5.41) is 1.03. The third-order valence-electron chi connectivity index (χ3n) is 3.17. The summed E-state index contributed by atoms with van der Waals surface area (Å²) in [5.41, 5.74) is 1.85. The molecule has 19 heavy (non-hydrogen) atoms. The van der Waals surface area contributed by atoms with Crippen LogP contribution in [-0.2, 0) is 21.2 Å². The molecule has 0 aromatic heterocycles. The molecule has 4 nitrogen and oxygen atoms in total. The summed E-state index contributed by atoms with van der Waals surface area (Å²) in [7, 11) is -1.87. The highest BCUT2D eigenvalue weighted by Gasteiger charge is 2.28. The first-order valence-corrected chi connectivity index (χ1v) is 8.31. The van der Waals surface area contributed by atoms with E-state index in [1.54, 1.807) is 6.07 Å². The molecule has 106 valence electrons. The van der Waals surface area contributed by atoms with Gasteiger partial charge in [-0.15, -0.1) is 0 Å². The monoisotopic (exact) mass is 323 g/mol. The van der Waals surface area contributed by atoms with E-state index in [-0.39, 0.29) is 18.4 Å². The summed E-state index contributed by atoms with van der Waals surface area (Å²) in [6.45, 7) is 0.177. The summed E-state index contributed by atoms with van der Waals surface area (Å²) >= 11 is 12.1. The van der Waals surface area contributed by atoms with E-state index in [1.807, 2.05) is 6.07 Å². The van der Waals surface area contributed by atoms with Crippen LogP contribution in [0.1, 0.15) is 23.6 Å². The summed E-state index contributed by atoms with van der Waals surface area (Å²) in [5.74, 6) is -0.0450. The summed E-state index contributed by atoms with van der Waals surface area (Å²) in [6, 6.07) is 3.30. The Bertz CT molecular complexity index is 575. The molecule has 0 bridgehead atoms. The van der Waals surface area contributed by atoms with E-state index in [0.29, 0.717) is 16.5 Å². The molecule has 1 aliphatic rings. The fourth-order valence-electron chi connectivity index (χ4n) is 2.22. The second-order valence-corrected chi connectivity index (χ2v) is 7.11. The number of ether oxygens (including phenoxy) is 1. The van der Waals surface area contributed by atoms with Crippen molar-refractivity contribution < 1.29 is 13.2 Å². The lowest BCUT2D eigenvalue weighted by Gasteiger charge is -2.14. The molecule has 2 rings (SSSR count). The van der Waals surface area contributed by atoms with Gasteiger partial charge in [0.2, 0.25) is 10.0 Å². The van der Waals surface area contributed by atoms with E-state index in [0.717, 1.165) is 17.5 Å². The molecule has 0 aliphatic heterocycles. The van der Waals surface area contributed by atoms with Crippen molar-refractivity contribution in [3.8, 4) is 0 Å². The van der Waals surface area contributed by atoms with Gasteiger partial charge < -0.3 is 4.74 Å². The second kappa shape index (κ2) is 5.97. The van der Waals surface area contributed by atoms with Gasteiger partial charge in [0, 0.05) is 13.2 Å². The maximum absolute atomic E-state index is 11.9. The molecule has 0 fully saturated rings. The highest BCUT2D eigenvalue weighted by atomic mass is 35.5. The van der Waals surface area contributed by atoms with E-state index in [4.69, 9.17) is 27.9 Å². The quantitative estimate of drug-likeness (QED) is 0.906. The molecular weight excluding hydrogens is 309 g/mol. The van der Waals surface area contributed by atoms with Crippen LogP contribution >= 0.6 is 23.2 Å². The minimum Gasteiger partial charge on any atom is -0.384 e. The molecular formula is C12H15Cl2NO3S. The van der Waals surface area contributed by atoms with E-state index in [9.17, 15) is 8.42 Å². The molecule has 1 atom stereocenters. The first-order valence-electron chi connectivity index (χ1n) is 5.90. The van der Waals surface area contributed by atoms with Crippen LogP contribution in [0.3, 0.4) is 0 Å². The smallest absolute Gasteiger partial charge is 0.214 e. The van der Waals surface area contributed by atoms with Crippen LogP contribution in [0.2, 0.25) is 10.0 Å². The van der Waals surface area contributed by atoms with Gasteiger partial charge in [0.1, 0.15) is 0 Å². The Morgan fingerprint density at radius 2 is 2.16 bits per heavy atom. The number of sulfonamides is 1. The maximum Gasteiger partial charge on any atom is 0.214 e. The molecule has 1 aromatic rings. The number of nitrogens with one attached hydrogen (secondary N) is 1. The number of benzene rings is 1. The highest BCUT2D eigenvalue weighted by Crippen LogP contribution is 2.39. The molecule has 1 aliphatic carbocycles. The number of halogens is 2. The third-order valence-corrected chi connectivity index (χ3v) is 5.36. The zero-order valence-corrected chi connectivity index (χ0v) is 12.8. The molecule has 0 saturated heterocycles. The largest absolute Gasteiger partial charge is 0.384 e. The van der Waals surface area contributed by atoms with Crippen molar-refractivity contribution in [1.29, 1.82) is 0 Å². The third kappa shape index (κ3) is 3.41. The molecule has 1 N–H and O–H groups in total. The number of hydrogen-bond acceptors (Lipinski definition) is 3. The van der Waals surface area contributed by atoms with Crippen molar-refractivity contribution in [1.82, 2.24) is 4.72 Å². The average molecular weight is 324 g/mol. The lowest BCUT2D eigenvalue weighted by atomic mass is 10.1. The molecule has 0 amide bonds. The Labute approximate surface area is 123 Å². The van der Waals surface area contributed by atoms with Crippen molar-refractivity contribution in [3.63, 3.8) is 0 Å². The first kappa shape index (κ1) is 15.1. The molecule has 0 radical (unpaired) electrons. The van der Waals surface area contributed by atoms with Gasteiger partial charge in [0.25, 0.3) is 0 Å². The van der Waals surface area contributed by atoms with E-state index in [1.165, 1.54) is 7.11 Å². The molecule has 0 spiro atoms. The Hall–Kier alpha value is -0.330. The normalized spacial score (nSPS) is 18.6. The number of fused-ring (bicyclic) bond motifs is 1. The number of methoxy groups -OCH3 is 1. The molecule has 1 unspecified atom stereocenters. The van der Waals surface area contributed by atoms with Gasteiger partial charge in [-0.1, -0.05) is 29.3 Å². The molecule has 0 saturated carbocycles. The predicted octanol–water partition coefficient (Wildman–Crippen LogP) is 2.55. The van der Waals surface area contributed by atoms with Crippen LogP contribution in [0, 0.1) is 0 Å². The van der Waals surface area contributed by atoms with Crippen molar-refractivity contribution in [3.05, 3.63) is 33.3 Å². The van der Waals surface area contributed by atoms with Crippen molar-refractivity contribution in [2.75, 3.05) is 19.5 Å². The standard InChI is InChI=1S/C12H15Cl2NO3S/c1-18-6-7-19(16,17)15-11-5-3-9-8(11)2-4-10(13)12(9)14/h2,4,11,15H,3,5-7H2,1H3. The number of rotatable bonds is 5. The Kier molecular flexibility index (Phi) is 4.74. The lowest BCUT2D eigenvalue weighted by molar-refractivity contribution is 0.216. The van der Waals surface area contributed by atoms with Gasteiger partial charge in [0.15, 0.2) is 0 Å². The topological polar surface area (TPSA) is 55.4 Å². The van der Waals surface area contributed by atoms with Crippen molar-refractivity contribution >= 4 is 33.2 Å². The summed E-state index contributed by atoms with van der Waals surface area (Å²) in [6.07, 6.45) is 1.42. The highest BCUT2D eigenvalue weighted by molar-refractivity contribution is 7.89. The van der Waals surface area contributed by atoms with Crippen LogP contribution in [0.25, 0.3) is 0 Å². The zero-order chi connectivity index (χ0) is 14.0. The number of hydrogen-bond donors (Lipinski definition) is 1. The van der Waals surface area contributed by atoms with Crippen LogP contribution in [-0.4, -0.2) is 27.9 Å². The average Bonchev–Trinajstić information content (AvgIpc) is 2.75. The minimum absolute atomic E-state index is 0.0450. The Balaban J connectivity index is 2.17. The van der Waals surface area contributed by atoms with Gasteiger partial charge in [0.05, 0.1) is 22.4 Å².